The Morgan fingerprint density at radius 1 is 1.09 bits per heavy atom. The van der Waals surface area contributed by atoms with Gasteiger partial charge < -0.3 is 19.2 Å². The first-order chi connectivity index (χ1) is 10.8. The summed E-state index contributed by atoms with van der Waals surface area (Å²) in [6, 6.07) is 11.5. The Morgan fingerprint density at radius 3 is 2.68 bits per heavy atom. The second-order valence-corrected chi connectivity index (χ2v) is 4.74. The third kappa shape index (κ3) is 2.45. The van der Waals surface area contributed by atoms with Crippen molar-refractivity contribution in [1.29, 1.82) is 0 Å². The van der Waals surface area contributed by atoms with Gasteiger partial charge in [0.2, 0.25) is 0 Å². The SMILES string of the molecule is CCOc1c(OC)cccc1-c1nc2ccc(OC)cc2[nH]1. The van der Waals surface area contributed by atoms with E-state index in [0.29, 0.717) is 18.1 Å². The van der Waals surface area contributed by atoms with E-state index in [0.717, 1.165) is 28.2 Å². The van der Waals surface area contributed by atoms with Gasteiger partial charge in [0, 0.05) is 6.07 Å². The lowest BCUT2D eigenvalue weighted by Crippen LogP contribution is -1.98. The molecule has 0 amide bonds. The Kier molecular flexibility index (Phi) is 3.87. The van der Waals surface area contributed by atoms with E-state index in [4.69, 9.17) is 14.2 Å². The molecule has 1 heterocycles. The van der Waals surface area contributed by atoms with Crippen LogP contribution in [0.25, 0.3) is 22.4 Å². The molecule has 0 saturated heterocycles. The van der Waals surface area contributed by atoms with Gasteiger partial charge in [-0.1, -0.05) is 6.07 Å². The van der Waals surface area contributed by atoms with Gasteiger partial charge in [-0.2, -0.15) is 0 Å². The number of hydrogen-bond acceptors (Lipinski definition) is 4. The van der Waals surface area contributed by atoms with Crippen molar-refractivity contribution in [3.63, 3.8) is 0 Å². The van der Waals surface area contributed by atoms with Crippen molar-refractivity contribution in [2.75, 3.05) is 20.8 Å². The number of H-pyrrole nitrogens is 1. The van der Waals surface area contributed by atoms with E-state index < -0.39 is 0 Å². The topological polar surface area (TPSA) is 56.4 Å². The molecule has 3 aromatic rings. The highest BCUT2D eigenvalue weighted by atomic mass is 16.5. The zero-order valence-electron chi connectivity index (χ0n) is 12.8. The van der Waals surface area contributed by atoms with E-state index in [9.17, 15) is 0 Å². The Bertz CT molecular complexity index is 796. The average molecular weight is 298 g/mol. The fraction of sp³-hybridized carbons (Fsp3) is 0.235. The predicted octanol–water partition coefficient (Wildman–Crippen LogP) is 3.65. The lowest BCUT2D eigenvalue weighted by molar-refractivity contribution is 0.312. The van der Waals surface area contributed by atoms with Gasteiger partial charge in [0.25, 0.3) is 0 Å². The van der Waals surface area contributed by atoms with Crippen LogP contribution in [0.3, 0.4) is 0 Å². The highest BCUT2D eigenvalue weighted by molar-refractivity contribution is 5.82. The molecular weight excluding hydrogens is 280 g/mol. The van der Waals surface area contributed by atoms with Crippen LogP contribution in [-0.4, -0.2) is 30.8 Å². The average Bonchev–Trinajstić information content (AvgIpc) is 2.98. The molecule has 114 valence electrons. The molecular formula is C17H18N2O3. The summed E-state index contributed by atoms with van der Waals surface area (Å²) in [5.74, 6) is 2.92. The molecule has 0 aliphatic carbocycles. The minimum absolute atomic E-state index is 0.557. The maximum Gasteiger partial charge on any atom is 0.172 e. The largest absolute Gasteiger partial charge is 0.497 e. The second kappa shape index (κ2) is 5.97. The van der Waals surface area contributed by atoms with Crippen molar-refractivity contribution in [2.24, 2.45) is 0 Å². The Morgan fingerprint density at radius 2 is 1.95 bits per heavy atom. The van der Waals surface area contributed by atoms with Crippen molar-refractivity contribution < 1.29 is 14.2 Å². The summed E-state index contributed by atoms with van der Waals surface area (Å²) in [5, 5.41) is 0. The van der Waals surface area contributed by atoms with Gasteiger partial charge in [-0.15, -0.1) is 0 Å². The maximum absolute atomic E-state index is 5.74. The van der Waals surface area contributed by atoms with Gasteiger partial charge in [-0.05, 0) is 31.2 Å². The van der Waals surface area contributed by atoms with Gasteiger partial charge >= 0.3 is 0 Å². The van der Waals surface area contributed by atoms with Crippen molar-refractivity contribution in [3.8, 4) is 28.6 Å². The van der Waals surface area contributed by atoms with Crippen LogP contribution in [0.4, 0.5) is 0 Å². The normalized spacial score (nSPS) is 10.7. The van der Waals surface area contributed by atoms with Crippen molar-refractivity contribution >= 4 is 11.0 Å². The lowest BCUT2D eigenvalue weighted by Gasteiger charge is -2.12. The molecule has 0 bridgehead atoms. The monoisotopic (exact) mass is 298 g/mol. The zero-order valence-corrected chi connectivity index (χ0v) is 12.8. The number of aromatic nitrogens is 2. The number of fused-ring (bicyclic) bond motifs is 1. The van der Waals surface area contributed by atoms with E-state index >= 15 is 0 Å². The standard InChI is InChI=1S/C17H18N2O3/c1-4-22-16-12(6-5-7-15(16)21-3)17-18-13-9-8-11(20-2)10-14(13)19-17/h5-10H,4H2,1-3H3,(H,18,19). The summed E-state index contributed by atoms with van der Waals surface area (Å²) >= 11 is 0. The van der Waals surface area contributed by atoms with Gasteiger partial charge in [-0.3, -0.25) is 0 Å². The minimum Gasteiger partial charge on any atom is -0.497 e. The summed E-state index contributed by atoms with van der Waals surface area (Å²) in [7, 11) is 3.28. The summed E-state index contributed by atoms with van der Waals surface area (Å²) < 4.78 is 16.4. The fourth-order valence-corrected chi connectivity index (χ4v) is 2.40. The molecule has 0 unspecified atom stereocenters. The number of benzene rings is 2. The second-order valence-electron chi connectivity index (χ2n) is 4.74. The summed E-state index contributed by atoms with van der Waals surface area (Å²) in [4.78, 5) is 7.94. The number of nitrogens with one attached hydrogen (secondary N) is 1. The summed E-state index contributed by atoms with van der Waals surface area (Å²) in [5.41, 5.74) is 2.66. The van der Waals surface area contributed by atoms with Gasteiger partial charge in [-0.25, -0.2) is 4.98 Å². The van der Waals surface area contributed by atoms with Crippen molar-refractivity contribution in [1.82, 2.24) is 9.97 Å². The predicted molar refractivity (Wildman–Crippen MR) is 85.8 cm³/mol. The van der Waals surface area contributed by atoms with Gasteiger partial charge in [0.15, 0.2) is 11.5 Å². The number of methoxy groups -OCH3 is 2. The molecule has 0 aliphatic heterocycles. The Labute approximate surface area is 128 Å². The van der Waals surface area contributed by atoms with Gasteiger partial charge in [0.05, 0.1) is 37.4 Å². The van der Waals surface area contributed by atoms with E-state index in [1.807, 2.05) is 43.3 Å². The molecule has 5 nitrogen and oxygen atoms in total. The van der Waals surface area contributed by atoms with Crippen LogP contribution in [0.1, 0.15) is 6.92 Å². The molecule has 0 radical (unpaired) electrons. The Hall–Kier alpha value is -2.69. The lowest BCUT2D eigenvalue weighted by atomic mass is 10.1. The summed E-state index contributed by atoms with van der Waals surface area (Å²) in [6.45, 7) is 2.50. The highest BCUT2D eigenvalue weighted by Gasteiger charge is 2.15. The third-order valence-corrected chi connectivity index (χ3v) is 3.43. The molecule has 5 heteroatoms. The van der Waals surface area contributed by atoms with Crippen LogP contribution >= 0.6 is 0 Å². The van der Waals surface area contributed by atoms with Crippen LogP contribution in [0.15, 0.2) is 36.4 Å². The van der Waals surface area contributed by atoms with E-state index in [1.54, 1.807) is 14.2 Å². The Balaban J connectivity index is 2.14. The number of rotatable bonds is 5. The smallest absolute Gasteiger partial charge is 0.172 e. The molecule has 0 spiro atoms. The first-order valence-corrected chi connectivity index (χ1v) is 7.10. The maximum atomic E-state index is 5.74. The number of para-hydroxylation sites is 1. The van der Waals surface area contributed by atoms with Crippen molar-refractivity contribution in [3.05, 3.63) is 36.4 Å². The zero-order chi connectivity index (χ0) is 15.5. The molecule has 0 atom stereocenters. The molecule has 3 rings (SSSR count). The first kappa shape index (κ1) is 14.3. The minimum atomic E-state index is 0.557. The number of aromatic amines is 1. The molecule has 1 N–H and O–H groups in total. The van der Waals surface area contributed by atoms with Gasteiger partial charge in [0.1, 0.15) is 11.6 Å². The number of nitrogens with zero attached hydrogens (tertiary/aromatic N) is 1. The molecule has 0 fully saturated rings. The number of ether oxygens (including phenoxy) is 3. The third-order valence-electron chi connectivity index (χ3n) is 3.43. The van der Waals surface area contributed by atoms with E-state index in [1.165, 1.54) is 0 Å². The highest BCUT2D eigenvalue weighted by Crippen LogP contribution is 2.37. The molecule has 2 aromatic carbocycles. The quantitative estimate of drug-likeness (QED) is 0.781. The van der Waals surface area contributed by atoms with Crippen LogP contribution in [-0.2, 0) is 0 Å². The molecule has 0 saturated carbocycles. The first-order valence-electron chi connectivity index (χ1n) is 7.10. The van der Waals surface area contributed by atoms with Crippen LogP contribution < -0.4 is 14.2 Å². The molecule has 0 aliphatic rings. The molecule has 1 aromatic heterocycles. The van der Waals surface area contributed by atoms with Crippen LogP contribution in [0.2, 0.25) is 0 Å². The summed E-state index contributed by atoms with van der Waals surface area (Å²) in [6.07, 6.45) is 0. The van der Waals surface area contributed by atoms with E-state index in [2.05, 4.69) is 9.97 Å². The molecule has 22 heavy (non-hydrogen) atoms. The van der Waals surface area contributed by atoms with E-state index in [-0.39, 0.29) is 0 Å². The van der Waals surface area contributed by atoms with Crippen molar-refractivity contribution in [2.45, 2.75) is 6.92 Å². The number of hydrogen-bond donors (Lipinski definition) is 1. The number of imidazole rings is 1. The van der Waals surface area contributed by atoms with Crippen LogP contribution in [0, 0.1) is 0 Å². The fourth-order valence-electron chi connectivity index (χ4n) is 2.40. The van der Waals surface area contributed by atoms with Crippen LogP contribution in [0.5, 0.6) is 17.2 Å².